The Labute approximate surface area is 381 Å². The molecule has 0 unspecified atom stereocenters. The molecule has 64 heavy (non-hydrogen) atoms. The number of halogens is 1. The zero-order valence-corrected chi connectivity index (χ0v) is 39.7. The van der Waals surface area contributed by atoms with Crippen molar-refractivity contribution in [1.29, 1.82) is 0 Å². The van der Waals surface area contributed by atoms with Crippen molar-refractivity contribution in [2.45, 2.75) is 105 Å². The van der Waals surface area contributed by atoms with Crippen molar-refractivity contribution < 1.29 is 9.59 Å². The molecular weight excluding hydrogens is 810 g/mol. The molecule has 3 aromatic heterocycles. The van der Waals surface area contributed by atoms with Gasteiger partial charge in [0, 0.05) is 32.7 Å². The summed E-state index contributed by atoms with van der Waals surface area (Å²) < 4.78 is 0. The third-order valence-electron chi connectivity index (χ3n) is 12.5. The van der Waals surface area contributed by atoms with Crippen LogP contribution in [0.1, 0.15) is 149 Å². The van der Waals surface area contributed by atoms with Gasteiger partial charge in [0.05, 0.1) is 39.4 Å². The Morgan fingerprint density at radius 3 is 1.50 bits per heavy atom. The van der Waals surface area contributed by atoms with Crippen LogP contribution in [0.15, 0.2) is 84.9 Å². The third-order valence-corrected chi connectivity index (χ3v) is 12.8. The standard InChI is InChI=1S/C56H56ClN5O2/c1-53(2,3)33-23-31(24-34(27-33)54(4,5)6)48-42-17-14-38(58-42)30-39-15-18-43(59-39)49(32-25-35(55(7,8)9)28-36(26-32)56(10,11)12)45-20-22-47(61-45)50(46-21-19-44(48)60-46)62-51(63)40-16-13-37(57)29-41(40)52(62)64/h13-30,58,61H,1-12H3. The zero-order chi connectivity index (χ0) is 45.8. The molecule has 3 aromatic carbocycles. The van der Waals surface area contributed by atoms with E-state index in [1.165, 1.54) is 27.2 Å². The summed E-state index contributed by atoms with van der Waals surface area (Å²) in [5.74, 6) is -0.907. The first-order chi connectivity index (χ1) is 29.9. The van der Waals surface area contributed by atoms with Gasteiger partial charge in [0.1, 0.15) is 5.69 Å². The minimum atomic E-state index is -0.465. The lowest BCUT2D eigenvalue weighted by Crippen LogP contribution is -2.30. The van der Waals surface area contributed by atoms with Gasteiger partial charge in [-0.05, 0) is 128 Å². The molecule has 6 heterocycles. The highest BCUT2D eigenvalue weighted by Gasteiger charge is 2.39. The van der Waals surface area contributed by atoms with Crippen LogP contribution < -0.4 is 4.90 Å². The van der Waals surface area contributed by atoms with E-state index in [9.17, 15) is 9.59 Å². The molecule has 3 aliphatic heterocycles. The number of fused-ring (bicyclic) bond motifs is 9. The molecule has 9 rings (SSSR count). The highest BCUT2D eigenvalue weighted by atomic mass is 35.5. The van der Waals surface area contributed by atoms with Gasteiger partial charge in [0.25, 0.3) is 11.8 Å². The predicted octanol–water partition coefficient (Wildman–Crippen LogP) is 14.6. The fourth-order valence-electron chi connectivity index (χ4n) is 8.66. The Morgan fingerprint density at radius 1 is 0.469 bits per heavy atom. The Hall–Kier alpha value is -6.31. The average molecular weight is 867 g/mol. The number of nitrogens with one attached hydrogen (secondary N) is 2. The highest BCUT2D eigenvalue weighted by molar-refractivity contribution is 6.37. The van der Waals surface area contributed by atoms with Crippen molar-refractivity contribution in [3.8, 4) is 22.3 Å². The Morgan fingerprint density at radius 2 is 0.938 bits per heavy atom. The van der Waals surface area contributed by atoms with Gasteiger partial charge >= 0.3 is 0 Å². The van der Waals surface area contributed by atoms with Crippen molar-refractivity contribution in [1.82, 2.24) is 19.9 Å². The van der Waals surface area contributed by atoms with E-state index < -0.39 is 11.8 Å². The molecule has 0 radical (unpaired) electrons. The summed E-state index contributed by atoms with van der Waals surface area (Å²) in [7, 11) is 0. The molecule has 0 atom stereocenters. The number of hydrogen-bond donors (Lipinski definition) is 2. The minimum absolute atomic E-state index is 0.131. The molecule has 0 fully saturated rings. The molecule has 2 amide bonds. The molecule has 8 heteroatoms. The van der Waals surface area contributed by atoms with Gasteiger partial charge in [0.15, 0.2) is 0 Å². The van der Waals surface area contributed by atoms with Gasteiger partial charge < -0.3 is 9.97 Å². The maximum Gasteiger partial charge on any atom is 0.266 e. The molecule has 7 nitrogen and oxygen atoms in total. The van der Waals surface area contributed by atoms with Crippen molar-refractivity contribution >= 4 is 75.5 Å². The van der Waals surface area contributed by atoms with Gasteiger partial charge in [-0.1, -0.05) is 131 Å². The second kappa shape index (κ2) is 14.9. The number of imide groups is 1. The minimum Gasteiger partial charge on any atom is -0.355 e. The van der Waals surface area contributed by atoms with E-state index in [0.717, 1.165) is 50.2 Å². The largest absolute Gasteiger partial charge is 0.355 e. The number of nitrogens with zero attached hydrogens (tertiary/aromatic N) is 3. The first-order valence-corrected chi connectivity index (χ1v) is 22.5. The number of aromatic nitrogens is 4. The van der Waals surface area contributed by atoms with Crippen LogP contribution in [-0.4, -0.2) is 31.8 Å². The number of aromatic amines is 2. The van der Waals surface area contributed by atoms with Crippen LogP contribution in [0.25, 0.3) is 68.6 Å². The van der Waals surface area contributed by atoms with Crippen LogP contribution in [0, 0.1) is 0 Å². The molecule has 8 bridgehead atoms. The van der Waals surface area contributed by atoms with Crippen LogP contribution >= 0.6 is 11.6 Å². The van der Waals surface area contributed by atoms with Crippen LogP contribution in [0.5, 0.6) is 0 Å². The Bertz CT molecular complexity index is 3070. The third kappa shape index (κ3) is 7.74. The number of hydrogen-bond acceptors (Lipinski definition) is 4. The van der Waals surface area contributed by atoms with Gasteiger partial charge in [-0.2, -0.15) is 0 Å². The molecule has 3 aliphatic rings. The number of anilines is 1. The van der Waals surface area contributed by atoms with Crippen molar-refractivity contribution in [2.24, 2.45) is 0 Å². The molecule has 2 N–H and O–H groups in total. The lowest BCUT2D eigenvalue weighted by atomic mass is 9.78. The van der Waals surface area contributed by atoms with Crippen molar-refractivity contribution in [2.75, 3.05) is 4.90 Å². The zero-order valence-electron chi connectivity index (χ0n) is 38.9. The highest BCUT2D eigenvalue weighted by Crippen LogP contribution is 2.42. The number of benzene rings is 3. The predicted molar refractivity (Wildman–Crippen MR) is 267 cm³/mol. The molecule has 324 valence electrons. The second-order valence-corrected chi connectivity index (χ2v) is 22.0. The lowest BCUT2D eigenvalue weighted by Gasteiger charge is -2.26. The monoisotopic (exact) mass is 865 g/mol. The Kier molecular flexibility index (Phi) is 9.99. The van der Waals surface area contributed by atoms with Crippen LogP contribution in [-0.2, 0) is 21.7 Å². The maximum absolute atomic E-state index is 14.6. The van der Waals surface area contributed by atoms with Crippen LogP contribution in [0.2, 0.25) is 5.02 Å². The number of carbonyl (C=O) groups excluding carboxylic acids is 2. The fraction of sp³-hybridized carbons (Fsp3) is 0.286. The molecule has 0 saturated carbocycles. The summed E-state index contributed by atoms with van der Waals surface area (Å²) >= 11 is 6.44. The topological polar surface area (TPSA) is 94.7 Å². The number of H-pyrrole nitrogens is 2. The van der Waals surface area contributed by atoms with E-state index in [-0.39, 0.29) is 32.8 Å². The number of amides is 2. The first kappa shape index (κ1) is 43.0. The summed E-state index contributed by atoms with van der Waals surface area (Å²) in [5, 5.41) is 0.377. The molecular formula is C56H56ClN5O2. The number of carbonyl (C=O) groups is 2. The second-order valence-electron chi connectivity index (χ2n) is 21.6. The normalized spacial score (nSPS) is 14.2. The van der Waals surface area contributed by atoms with Gasteiger partial charge in [0.2, 0.25) is 0 Å². The summed E-state index contributed by atoms with van der Waals surface area (Å²) in [5.41, 5.74) is 14.9. The van der Waals surface area contributed by atoms with E-state index in [4.69, 9.17) is 21.6 Å². The number of rotatable bonds is 3. The molecule has 6 aromatic rings. The van der Waals surface area contributed by atoms with E-state index in [1.807, 2.05) is 24.3 Å². The SMILES string of the molecule is CC(C)(C)c1cc(-c2c3nc(c(N4C(=O)c5ccc(Cl)cc5C4=O)c4ccc([nH]4)c(-c4cc(C(C)(C)C)cc(C(C)(C)C)c4)c4nc(cc5ccc2[nH]5)C=C4)C=C3)cc(C(C)(C)C)c1. The molecule has 0 saturated heterocycles. The van der Waals surface area contributed by atoms with E-state index in [1.54, 1.807) is 18.2 Å². The summed E-state index contributed by atoms with van der Waals surface area (Å²) in [6.45, 7) is 26.8. The van der Waals surface area contributed by atoms with E-state index >= 15 is 0 Å². The molecule has 0 spiro atoms. The summed E-state index contributed by atoms with van der Waals surface area (Å²) in [6, 6.07) is 28.7. The Balaban J connectivity index is 1.43. The smallest absolute Gasteiger partial charge is 0.266 e. The fourth-order valence-corrected chi connectivity index (χ4v) is 8.83. The summed E-state index contributed by atoms with van der Waals surface area (Å²) in [6.07, 6.45) is 8.01. The lowest BCUT2D eigenvalue weighted by molar-refractivity contribution is 0.0926. The van der Waals surface area contributed by atoms with Crippen LogP contribution in [0.4, 0.5) is 5.69 Å². The van der Waals surface area contributed by atoms with Gasteiger partial charge in [-0.15, -0.1) is 0 Å². The van der Waals surface area contributed by atoms with E-state index in [2.05, 4.69) is 160 Å². The van der Waals surface area contributed by atoms with Crippen molar-refractivity contribution in [3.63, 3.8) is 0 Å². The quantitative estimate of drug-likeness (QED) is 0.173. The maximum atomic E-state index is 14.6. The van der Waals surface area contributed by atoms with E-state index in [0.29, 0.717) is 27.6 Å². The van der Waals surface area contributed by atoms with Crippen molar-refractivity contribution in [3.05, 3.63) is 146 Å². The van der Waals surface area contributed by atoms with Gasteiger partial charge in [-0.3, -0.25) is 9.59 Å². The first-order valence-electron chi connectivity index (χ1n) is 22.1. The summed E-state index contributed by atoms with van der Waals surface area (Å²) in [4.78, 5) is 48.5. The molecule has 0 aliphatic carbocycles. The van der Waals surface area contributed by atoms with Crippen LogP contribution in [0.3, 0.4) is 0 Å². The van der Waals surface area contributed by atoms with Gasteiger partial charge in [-0.25, -0.2) is 14.9 Å². The average Bonchev–Trinajstić information content (AvgIpc) is 4.06.